The van der Waals surface area contributed by atoms with E-state index in [4.69, 9.17) is 0 Å². The molecule has 29 heavy (non-hydrogen) atoms. The van der Waals surface area contributed by atoms with Gasteiger partial charge in [0.15, 0.2) is 0 Å². The topological polar surface area (TPSA) is 0 Å². The smallest absolute Gasteiger partial charge is 0.0116 e. The van der Waals surface area contributed by atoms with Crippen LogP contribution >= 0.6 is 0 Å². The molecule has 13 atom stereocenters. The van der Waals surface area contributed by atoms with Crippen LogP contribution in [-0.2, 0) is 0 Å². The molecule has 11 aliphatic carbocycles. The molecule has 0 aromatic heterocycles. The number of hydrogen-bond acceptors (Lipinski definition) is 0. The van der Waals surface area contributed by atoms with Crippen molar-refractivity contribution in [3.05, 3.63) is 0 Å². The Kier molecular flexibility index (Phi) is 2.02. The average Bonchev–Trinajstić information content (AvgIpc) is 2.62. The number of rotatable bonds is 2. The van der Waals surface area contributed by atoms with Crippen LogP contribution in [0.4, 0.5) is 0 Å². The molecule has 0 heterocycles. The second-order valence-electron chi connectivity index (χ2n) is 15.0. The first-order valence-electron chi connectivity index (χ1n) is 14.1. The summed E-state index contributed by atoms with van der Waals surface area (Å²) in [5.41, 5.74) is 6.13. The van der Waals surface area contributed by atoms with Crippen molar-refractivity contribution in [1.29, 1.82) is 0 Å². The van der Waals surface area contributed by atoms with Gasteiger partial charge in [-0.25, -0.2) is 0 Å². The van der Waals surface area contributed by atoms with E-state index < -0.39 is 0 Å². The van der Waals surface area contributed by atoms with Crippen molar-refractivity contribution in [1.82, 2.24) is 0 Å². The number of hydrogen-bond donors (Lipinski definition) is 0. The van der Waals surface area contributed by atoms with E-state index in [1.807, 2.05) is 0 Å². The van der Waals surface area contributed by atoms with Crippen LogP contribution in [-0.4, -0.2) is 0 Å². The molecule has 0 heteroatoms. The molecule has 0 aromatic carbocycles. The van der Waals surface area contributed by atoms with E-state index in [1.54, 1.807) is 83.5 Å². The molecule has 11 fully saturated rings. The minimum absolute atomic E-state index is 0.811. The van der Waals surface area contributed by atoms with Gasteiger partial charge in [-0.3, -0.25) is 0 Å². The first-order chi connectivity index (χ1) is 14.1. The van der Waals surface area contributed by atoms with Crippen molar-refractivity contribution >= 4 is 0 Å². The van der Waals surface area contributed by atoms with Gasteiger partial charge in [0, 0.05) is 0 Å². The average molecular weight is 389 g/mol. The fourth-order valence-electron chi connectivity index (χ4n) is 16.8. The predicted octanol–water partition coefficient (Wildman–Crippen LogP) is 7.23. The summed E-state index contributed by atoms with van der Waals surface area (Å²) in [7, 11) is 0. The maximum atomic E-state index is 2.67. The fourth-order valence-corrected chi connectivity index (χ4v) is 16.8. The van der Waals surface area contributed by atoms with Gasteiger partial charge in [0.05, 0.1) is 0 Å². The van der Waals surface area contributed by atoms with Crippen molar-refractivity contribution in [3.8, 4) is 0 Å². The van der Waals surface area contributed by atoms with Crippen LogP contribution in [0.1, 0.15) is 104 Å². The van der Waals surface area contributed by atoms with E-state index in [0.717, 1.165) is 49.7 Å². The largest absolute Gasteiger partial charge is 0.0651 e. The fraction of sp³-hybridized carbons (Fsp3) is 1.00. The van der Waals surface area contributed by atoms with Gasteiger partial charge in [-0.1, -0.05) is 20.3 Å². The van der Waals surface area contributed by atoms with Crippen LogP contribution in [0.3, 0.4) is 0 Å². The van der Waals surface area contributed by atoms with Crippen molar-refractivity contribution < 1.29 is 0 Å². The lowest BCUT2D eigenvalue weighted by atomic mass is 8.96. The van der Waals surface area contributed by atoms with Crippen molar-refractivity contribution in [3.63, 3.8) is 0 Å². The maximum absolute atomic E-state index is 2.67. The van der Waals surface area contributed by atoms with Crippen molar-refractivity contribution in [2.24, 2.45) is 73.4 Å². The quantitative estimate of drug-likeness (QED) is 0.468. The second-order valence-corrected chi connectivity index (χ2v) is 15.0. The summed E-state index contributed by atoms with van der Waals surface area (Å²) in [4.78, 5) is 0. The van der Waals surface area contributed by atoms with Gasteiger partial charge in [-0.15, -0.1) is 0 Å². The Bertz CT molecular complexity index is 913. The van der Waals surface area contributed by atoms with E-state index >= 15 is 0 Å². The highest BCUT2D eigenvalue weighted by Gasteiger charge is 3.04. The molecule has 13 unspecified atom stereocenters. The zero-order valence-electron chi connectivity index (χ0n) is 18.9. The van der Waals surface area contributed by atoms with E-state index in [0.29, 0.717) is 0 Å². The Hall–Kier alpha value is 0. The summed E-state index contributed by atoms with van der Waals surface area (Å²) < 4.78 is 0. The molecular weight excluding hydrogens is 348 g/mol. The van der Waals surface area contributed by atoms with E-state index in [2.05, 4.69) is 13.8 Å². The first-order valence-corrected chi connectivity index (χ1v) is 14.1. The summed E-state index contributed by atoms with van der Waals surface area (Å²) >= 11 is 0. The molecule has 11 saturated carbocycles. The van der Waals surface area contributed by atoms with Crippen LogP contribution < -0.4 is 0 Å². The molecular formula is C29H40. The highest BCUT2D eigenvalue weighted by Crippen LogP contribution is 3.10. The third-order valence-corrected chi connectivity index (χ3v) is 17.0. The molecule has 156 valence electrons. The summed E-state index contributed by atoms with van der Waals surface area (Å²) in [6.45, 7) is 5.26. The summed E-state index contributed by atoms with van der Waals surface area (Å²) in [6.07, 6.45) is 23.3. The highest BCUT2D eigenvalue weighted by molar-refractivity contribution is 5.52. The van der Waals surface area contributed by atoms with Crippen LogP contribution in [0.15, 0.2) is 0 Å². The molecule has 5 spiro atoms. The molecule has 0 amide bonds. The Labute approximate surface area is 177 Å². The lowest BCUT2D eigenvalue weighted by Gasteiger charge is -3.07. The summed E-state index contributed by atoms with van der Waals surface area (Å²) in [5.74, 6) is 7.05. The maximum Gasteiger partial charge on any atom is -0.0116 e. The van der Waals surface area contributed by atoms with Crippen LogP contribution in [0.25, 0.3) is 0 Å². The van der Waals surface area contributed by atoms with Gasteiger partial charge in [-0.2, -0.15) is 0 Å². The SMILES string of the molecule is CCC1CC23CCC2CC3(CC)C23CC4CC5CC(C2)(C26CC7CCC72C1C6)C453. The van der Waals surface area contributed by atoms with Crippen LogP contribution in [0.2, 0.25) is 0 Å². The monoisotopic (exact) mass is 388 g/mol. The van der Waals surface area contributed by atoms with Gasteiger partial charge in [0.2, 0.25) is 0 Å². The summed E-state index contributed by atoms with van der Waals surface area (Å²) in [6, 6.07) is 0. The zero-order valence-corrected chi connectivity index (χ0v) is 18.9. The molecule has 0 radical (unpaired) electrons. The molecule has 0 aliphatic heterocycles. The number of fused-ring (bicyclic) bond motifs is 1. The Morgan fingerprint density at radius 3 is 2.10 bits per heavy atom. The van der Waals surface area contributed by atoms with Crippen LogP contribution in [0, 0.1) is 73.4 Å². The lowest BCUT2D eigenvalue weighted by molar-refractivity contribution is -0.599. The lowest BCUT2D eigenvalue weighted by Crippen LogP contribution is -3.01. The van der Waals surface area contributed by atoms with Crippen molar-refractivity contribution in [2.45, 2.75) is 104 Å². The Morgan fingerprint density at radius 2 is 1.52 bits per heavy atom. The standard InChI is InChI=1S/C29H40/c1-3-17-10-23-7-5-18(23)11-24(23,4-2)26-13-20-9-21-14-27(16-26,29(20,21)26)25-12-19-6-8-28(19,25)22(17)15-25/h17-22H,3-16H2,1-2H3. The predicted molar refractivity (Wildman–Crippen MR) is 114 cm³/mol. The van der Waals surface area contributed by atoms with E-state index in [-0.39, 0.29) is 0 Å². The minimum atomic E-state index is 0.811. The molecule has 11 rings (SSSR count). The molecule has 0 N–H and O–H groups in total. The van der Waals surface area contributed by atoms with Crippen LogP contribution in [0.5, 0.6) is 0 Å². The van der Waals surface area contributed by atoms with Gasteiger partial charge < -0.3 is 0 Å². The second kappa shape index (κ2) is 3.73. The normalized spacial score (nSPS) is 79.7. The first kappa shape index (κ1) is 15.7. The molecule has 4 bridgehead atoms. The summed E-state index contributed by atoms with van der Waals surface area (Å²) in [5, 5.41) is 0. The van der Waals surface area contributed by atoms with Gasteiger partial charge >= 0.3 is 0 Å². The van der Waals surface area contributed by atoms with Gasteiger partial charge in [-0.05, 0) is 157 Å². The third-order valence-electron chi connectivity index (χ3n) is 17.0. The Balaban J connectivity index is 1.23. The highest BCUT2D eigenvalue weighted by atomic mass is 15.1. The van der Waals surface area contributed by atoms with E-state index in [1.165, 1.54) is 30.1 Å². The van der Waals surface area contributed by atoms with Gasteiger partial charge in [0.1, 0.15) is 0 Å². The molecule has 11 aliphatic rings. The zero-order chi connectivity index (χ0) is 18.9. The third kappa shape index (κ3) is 0.900. The van der Waals surface area contributed by atoms with Crippen molar-refractivity contribution in [2.75, 3.05) is 0 Å². The molecule has 0 saturated heterocycles. The van der Waals surface area contributed by atoms with E-state index in [9.17, 15) is 0 Å². The van der Waals surface area contributed by atoms with Gasteiger partial charge in [0.25, 0.3) is 0 Å². The molecule has 0 aromatic rings. The Morgan fingerprint density at radius 1 is 0.724 bits per heavy atom. The molecule has 0 nitrogen and oxygen atoms in total. The minimum Gasteiger partial charge on any atom is -0.0651 e.